The maximum Gasteiger partial charge on any atom is 0.237 e. The van der Waals surface area contributed by atoms with Crippen molar-refractivity contribution in [2.24, 2.45) is 10.9 Å². The molecule has 1 atom stereocenters. The normalized spacial score (nSPS) is 16.2. The van der Waals surface area contributed by atoms with E-state index in [1.165, 1.54) is 12.1 Å². The van der Waals surface area contributed by atoms with Crippen LogP contribution < -0.4 is 11.0 Å². The van der Waals surface area contributed by atoms with Crippen molar-refractivity contribution in [2.45, 2.75) is 0 Å². The van der Waals surface area contributed by atoms with E-state index in [-0.39, 0.29) is 12.0 Å². The molecule has 1 rings (SSSR count). The number of hydrogen-bond donors (Lipinski definition) is 3. The SMILES string of the molecule is NC(CP(=O)(O)c1ccccc1)=NO. The molecule has 0 aliphatic carbocycles. The summed E-state index contributed by atoms with van der Waals surface area (Å²) in [5.41, 5.74) is 5.16. The van der Waals surface area contributed by atoms with Crippen molar-refractivity contribution >= 4 is 18.5 Å². The highest BCUT2D eigenvalue weighted by molar-refractivity contribution is 7.66. The van der Waals surface area contributed by atoms with Gasteiger partial charge in [0.15, 0.2) is 0 Å². The molecule has 6 heteroatoms. The standard InChI is InChI=1S/C8H11N2O3P/c9-8(10-11)6-14(12,13)7-4-2-1-3-5-7/h1-5,11H,6H2,(H2,9,10)(H,12,13). The predicted octanol–water partition coefficient (Wildman–Crippen LogP) is 0.329. The lowest BCUT2D eigenvalue weighted by atomic mass is 10.4. The Morgan fingerprint density at radius 2 is 2.00 bits per heavy atom. The zero-order valence-electron chi connectivity index (χ0n) is 7.37. The van der Waals surface area contributed by atoms with E-state index in [0.29, 0.717) is 5.30 Å². The van der Waals surface area contributed by atoms with Gasteiger partial charge in [-0.2, -0.15) is 0 Å². The van der Waals surface area contributed by atoms with Crippen molar-refractivity contribution < 1.29 is 14.7 Å². The molecule has 5 nitrogen and oxygen atoms in total. The number of hydrogen-bond acceptors (Lipinski definition) is 3. The molecule has 0 amide bonds. The van der Waals surface area contributed by atoms with Crippen LogP contribution in [-0.2, 0) is 4.57 Å². The van der Waals surface area contributed by atoms with Crippen LogP contribution >= 0.6 is 7.37 Å². The highest BCUT2D eigenvalue weighted by atomic mass is 31.2. The van der Waals surface area contributed by atoms with E-state index in [2.05, 4.69) is 5.16 Å². The quantitative estimate of drug-likeness (QED) is 0.222. The molecule has 0 aromatic heterocycles. The summed E-state index contributed by atoms with van der Waals surface area (Å²) < 4.78 is 11.7. The molecule has 0 bridgehead atoms. The summed E-state index contributed by atoms with van der Waals surface area (Å²) in [4.78, 5) is 9.57. The largest absolute Gasteiger partial charge is 0.409 e. The molecule has 0 radical (unpaired) electrons. The van der Waals surface area contributed by atoms with E-state index < -0.39 is 7.37 Å². The highest BCUT2D eigenvalue weighted by Crippen LogP contribution is 2.38. The molecule has 0 fully saturated rings. The third kappa shape index (κ3) is 2.58. The summed E-state index contributed by atoms with van der Waals surface area (Å²) in [6.45, 7) is 0. The molecule has 1 aromatic carbocycles. The van der Waals surface area contributed by atoms with Crippen molar-refractivity contribution in [2.75, 3.05) is 6.16 Å². The lowest BCUT2D eigenvalue weighted by molar-refractivity contribution is 0.318. The Bertz CT molecular complexity index is 377. The summed E-state index contributed by atoms with van der Waals surface area (Å²) in [5.74, 6) is -0.250. The predicted molar refractivity (Wildman–Crippen MR) is 54.2 cm³/mol. The van der Waals surface area contributed by atoms with E-state index in [1.807, 2.05) is 0 Å². The molecule has 1 aromatic rings. The van der Waals surface area contributed by atoms with Crippen molar-refractivity contribution in [1.29, 1.82) is 0 Å². The first-order valence-corrected chi connectivity index (χ1v) is 5.74. The van der Waals surface area contributed by atoms with Gasteiger partial charge in [0.25, 0.3) is 0 Å². The topological polar surface area (TPSA) is 95.9 Å². The number of nitrogens with zero attached hydrogens (tertiary/aromatic N) is 1. The van der Waals surface area contributed by atoms with Gasteiger partial charge in [0.2, 0.25) is 7.37 Å². The van der Waals surface area contributed by atoms with Crippen LogP contribution in [0.4, 0.5) is 0 Å². The smallest absolute Gasteiger partial charge is 0.237 e. The van der Waals surface area contributed by atoms with E-state index in [1.54, 1.807) is 18.2 Å². The molecule has 0 saturated heterocycles. The molecular formula is C8H11N2O3P. The maximum absolute atomic E-state index is 11.7. The second-order valence-corrected chi connectivity index (χ2v) is 5.02. The molecule has 0 aliphatic heterocycles. The Hall–Kier alpha value is -1.32. The minimum atomic E-state index is -3.53. The average Bonchev–Trinajstić information content (AvgIpc) is 2.18. The first-order valence-electron chi connectivity index (χ1n) is 3.90. The molecule has 76 valence electrons. The van der Waals surface area contributed by atoms with E-state index in [9.17, 15) is 9.46 Å². The number of amidine groups is 1. The van der Waals surface area contributed by atoms with Crippen molar-refractivity contribution in [1.82, 2.24) is 0 Å². The van der Waals surface area contributed by atoms with Crippen LogP contribution in [-0.4, -0.2) is 22.1 Å². The average molecular weight is 214 g/mol. The lowest BCUT2D eigenvalue weighted by Gasteiger charge is -2.09. The summed E-state index contributed by atoms with van der Waals surface area (Å²) in [6.07, 6.45) is -0.340. The van der Waals surface area contributed by atoms with Gasteiger partial charge in [-0.05, 0) is 12.1 Å². The highest BCUT2D eigenvalue weighted by Gasteiger charge is 2.22. The summed E-state index contributed by atoms with van der Waals surface area (Å²) in [5, 5.41) is 11.2. The summed E-state index contributed by atoms with van der Waals surface area (Å²) in [6, 6.07) is 8.12. The second kappa shape index (κ2) is 4.26. The maximum atomic E-state index is 11.7. The zero-order valence-corrected chi connectivity index (χ0v) is 8.26. The van der Waals surface area contributed by atoms with Crippen molar-refractivity contribution in [3.05, 3.63) is 30.3 Å². The summed E-state index contributed by atoms with van der Waals surface area (Å²) in [7, 11) is -3.53. The molecule has 4 N–H and O–H groups in total. The second-order valence-electron chi connectivity index (χ2n) is 2.79. The van der Waals surface area contributed by atoms with Gasteiger partial charge in [0.1, 0.15) is 5.84 Å². The van der Waals surface area contributed by atoms with Crippen LogP contribution in [0.5, 0.6) is 0 Å². The minimum Gasteiger partial charge on any atom is -0.409 e. The van der Waals surface area contributed by atoms with Gasteiger partial charge in [-0.1, -0.05) is 23.4 Å². The Morgan fingerprint density at radius 1 is 1.43 bits per heavy atom. The van der Waals surface area contributed by atoms with Crippen LogP contribution in [0.3, 0.4) is 0 Å². The van der Waals surface area contributed by atoms with Crippen LogP contribution in [0.15, 0.2) is 35.5 Å². The van der Waals surface area contributed by atoms with Crippen molar-refractivity contribution in [3.63, 3.8) is 0 Å². The van der Waals surface area contributed by atoms with Crippen LogP contribution in [0.2, 0.25) is 0 Å². The fraction of sp³-hybridized carbons (Fsp3) is 0.125. The molecule has 14 heavy (non-hydrogen) atoms. The third-order valence-electron chi connectivity index (χ3n) is 1.66. The van der Waals surface area contributed by atoms with Crippen LogP contribution in [0.1, 0.15) is 0 Å². The number of rotatable bonds is 3. The Labute approximate surface area is 81.3 Å². The minimum absolute atomic E-state index is 0.250. The first-order chi connectivity index (χ1) is 6.56. The van der Waals surface area contributed by atoms with Gasteiger partial charge in [-0.25, -0.2) is 0 Å². The van der Waals surface area contributed by atoms with E-state index in [4.69, 9.17) is 10.9 Å². The van der Waals surface area contributed by atoms with Gasteiger partial charge < -0.3 is 15.8 Å². The number of benzene rings is 1. The van der Waals surface area contributed by atoms with Gasteiger partial charge in [-0.3, -0.25) is 4.57 Å². The fourth-order valence-corrected chi connectivity index (χ4v) is 2.33. The van der Waals surface area contributed by atoms with E-state index >= 15 is 0 Å². The Morgan fingerprint density at radius 3 is 2.50 bits per heavy atom. The molecule has 0 aliphatic rings. The van der Waals surface area contributed by atoms with Crippen LogP contribution in [0.25, 0.3) is 0 Å². The molecule has 0 saturated carbocycles. The van der Waals surface area contributed by atoms with Crippen molar-refractivity contribution in [3.8, 4) is 0 Å². The monoisotopic (exact) mass is 214 g/mol. The fourth-order valence-electron chi connectivity index (χ4n) is 1.00. The Balaban J connectivity index is 2.92. The van der Waals surface area contributed by atoms with Gasteiger partial charge in [-0.15, -0.1) is 0 Å². The van der Waals surface area contributed by atoms with E-state index in [0.717, 1.165) is 0 Å². The van der Waals surface area contributed by atoms with Crippen LogP contribution in [0, 0.1) is 0 Å². The van der Waals surface area contributed by atoms with Gasteiger partial charge in [0.05, 0.1) is 6.16 Å². The zero-order chi connectivity index (χ0) is 10.6. The van der Waals surface area contributed by atoms with Gasteiger partial charge in [0, 0.05) is 5.30 Å². The summed E-state index contributed by atoms with van der Waals surface area (Å²) >= 11 is 0. The first kappa shape index (κ1) is 10.8. The third-order valence-corrected chi connectivity index (χ3v) is 3.52. The molecule has 0 heterocycles. The molecule has 0 spiro atoms. The lowest BCUT2D eigenvalue weighted by Crippen LogP contribution is -2.20. The number of oxime groups is 1. The molecular weight excluding hydrogens is 203 g/mol. The Kier molecular flexibility index (Phi) is 3.28. The van der Waals surface area contributed by atoms with Gasteiger partial charge >= 0.3 is 0 Å². The number of nitrogens with two attached hydrogens (primary N) is 1. The molecule has 1 unspecified atom stereocenters.